The number of alkyl halides is 2. The highest BCUT2D eigenvalue weighted by Crippen LogP contribution is 2.32. The fourth-order valence-corrected chi connectivity index (χ4v) is 1.58. The lowest BCUT2D eigenvalue weighted by atomic mass is 10.3. The maximum Gasteiger partial charge on any atom is 0.255 e. The van der Waals surface area contributed by atoms with Crippen LogP contribution in [0.15, 0.2) is 12.1 Å². The second-order valence-electron chi connectivity index (χ2n) is 2.63. The van der Waals surface area contributed by atoms with Crippen LogP contribution in [-0.4, -0.2) is 13.0 Å². The Morgan fingerprint density at radius 2 is 1.79 bits per heavy atom. The fraction of sp³-hybridized carbons (Fsp3) is 0.250. The standard InChI is InChI=1S/C8H8Cl2F2N2/c9-5-1-4(13)2-6(10)8(5)14-3-7(11)12/h1-2,7,14H,3,13H2. The van der Waals surface area contributed by atoms with Crippen molar-refractivity contribution in [2.24, 2.45) is 0 Å². The first kappa shape index (κ1) is 11.3. The highest BCUT2D eigenvalue weighted by Gasteiger charge is 2.09. The van der Waals surface area contributed by atoms with E-state index in [9.17, 15) is 8.78 Å². The van der Waals surface area contributed by atoms with Crippen LogP contribution in [0.2, 0.25) is 10.0 Å². The summed E-state index contributed by atoms with van der Waals surface area (Å²) in [6.45, 7) is -0.497. The van der Waals surface area contributed by atoms with Crippen LogP contribution in [0.5, 0.6) is 0 Å². The molecular formula is C8H8Cl2F2N2. The number of nitrogens with two attached hydrogens (primary N) is 1. The topological polar surface area (TPSA) is 38.0 Å². The number of hydrogen-bond donors (Lipinski definition) is 2. The second kappa shape index (κ2) is 4.66. The van der Waals surface area contributed by atoms with Crippen LogP contribution in [-0.2, 0) is 0 Å². The van der Waals surface area contributed by atoms with Crippen molar-refractivity contribution in [1.82, 2.24) is 0 Å². The molecule has 0 aliphatic heterocycles. The lowest BCUT2D eigenvalue weighted by Gasteiger charge is -2.10. The van der Waals surface area contributed by atoms with Crippen LogP contribution < -0.4 is 11.1 Å². The molecule has 0 saturated carbocycles. The van der Waals surface area contributed by atoms with E-state index in [0.29, 0.717) is 5.69 Å². The van der Waals surface area contributed by atoms with Gasteiger partial charge >= 0.3 is 0 Å². The molecule has 0 spiro atoms. The summed E-state index contributed by atoms with van der Waals surface area (Å²) in [6.07, 6.45) is -2.46. The highest BCUT2D eigenvalue weighted by atomic mass is 35.5. The van der Waals surface area contributed by atoms with Gasteiger partial charge in [0.05, 0.1) is 22.3 Å². The largest absolute Gasteiger partial charge is 0.399 e. The van der Waals surface area contributed by atoms with Crippen molar-refractivity contribution in [3.05, 3.63) is 22.2 Å². The van der Waals surface area contributed by atoms with Crippen LogP contribution in [0, 0.1) is 0 Å². The summed E-state index contributed by atoms with van der Waals surface area (Å²) >= 11 is 11.5. The zero-order chi connectivity index (χ0) is 10.7. The van der Waals surface area contributed by atoms with Gasteiger partial charge in [-0.25, -0.2) is 8.78 Å². The van der Waals surface area contributed by atoms with Gasteiger partial charge in [0, 0.05) is 5.69 Å². The van der Waals surface area contributed by atoms with Crippen molar-refractivity contribution in [2.75, 3.05) is 17.6 Å². The normalized spacial score (nSPS) is 10.6. The van der Waals surface area contributed by atoms with E-state index < -0.39 is 13.0 Å². The summed E-state index contributed by atoms with van der Waals surface area (Å²) in [5, 5.41) is 2.90. The lowest BCUT2D eigenvalue weighted by molar-refractivity contribution is 0.163. The molecule has 0 unspecified atom stereocenters. The van der Waals surface area contributed by atoms with Crippen LogP contribution in [0.4, 0.5) is 20.2 Å². The molecule has 0 saturated heterocycles. The number of nitrogens with one attached hydrogen (secondary N) is 1. The molecule has 3 N–H and O–H groups in total. The van der Waals surface area contributed by atoms with E-state index in [1.54, 1.807) is 0 Å². The molecule has 1 rings (SSSR count). The molecular weight excluding hydrogens is 233 g/mol. The molecule has 1 aromatic rings. The summed E-state index contributed by atoms with van der Waals surface area (Å²) in [5.74, 6) is 0. The molecule has 0 bridgehead atoms. The average Bonchev–Trinajstić information content (AvgIpc) is 2.01. The highest BCUT2D eigenvalue weighted by molar-refractivity contribution is 6.39. The van der Waals surface area contributed by atoms with Gasteiger partial charge in [0.1, 0.15) is 0 Å². The summed E-state index contributed by atoms with van der Waals surface area (Å²) in [7, 11) is 0. The predicted octanol–water partition coefficient (Wildman–Crippen LogP) is 3.25. The van der Waals surface area contributed by atoms with Crippen LogP contribution in [0.3, 0.4) is 0 Å². The zero-order valence-electron chi connectivity index (χ0n) is 7.03. The van der Waals surface area contributed by atoms with Crippen molar-refractivity contribution < 1.29 is 8.78 Å². The molecule has 1 aromatic carbocycles. The Labute approximate surface area is 90.0 Å². The van der Waals surface area contributed by atoms with Gasteiger partial charge in [-0.1, -0.05) is 23.2 Å². The third kappa shape index (κ3) is 2.89. The van der Waals surface area contributed by atoms with E-state index in [1.807, 2.05) is 0 Å². The van der Waals surface area contributed by atoms with Crippen molar-refractivity contribution in [3.8, 4) is 0 Å². The van der Waals surface area contributed by atoms with E-state index in [0.717, 1.165) is 0 Å². The minimum atomic E-state index is -2.46. The Morgan fingerprint density at radius 3 is 2.21 bits per heavy atom. The van der Waals surface area contributed by atoms with Crippen molar-refractivity contribution in [3.63, 3.8) is 0 Å². The molecule has 0 aromatic heterocycles. The maximum atomic E-state index is 11.9. The van der Waals surface area contributed by atoms with Gasteiger partial charge in [-0.2, -0.15) is 0 Å². The van der Waals surface area contributed by atoms with Gasteiger partial charge in [-0.15, -0.1) is 0 Å². The van der Waals surface area contributed by atoms with Crippen LogP contribution in [0.25, 0.3) is 0 Å². The molecule has 0 radical (unpaired) electrons. The predicted molar refractivity (Wildman–Crippen MR) is 55.4 cm³/mol. The Balaban J connectivity index is 2.86. The van der Waals surface area contributed by atoms with E-state index in [4.69, 9.17) is 28.9 Å². The first-order valence-electron chi connectivity index (χ1n) is 3.77. The van der Waals surface area contributed by atoms with Gasteiger partial charge in [0.2, 0.25) is 0 Å². The summed E-state index contributed by atoms with van der Waals surface area (Å²) in [6, 6.07) is 2.89. The number of nitrogen functional groups attached to an aromatic ring is 1. The molecule has 2 nitrogen and oxygen atoms in total. The Hall–Kier alpha value is -0.740. The van der Waals surface area contributed by atoms with Gasteiger partial charge in [-0.05, 0) is 12.1 Å². The van der Waals surface area contributed by atoms with Crippen molar-refractivity contribution in [1.29, 1.82) is 0 Å². The lowest BCUT2D eigenvalue weighted by Crippen LogP contribution is -2.11. The van der Waals surface area contributed by atoms with Crippen LogP contribution in [0.1, 0.15) is 0 Å². The third-order valence-electron chi connectivity index (χ3n) is 1.50. The number of halogens is 4. The zero-order valence-corrected chi connectivity index (χ0v) is 8.54. The number of rotatable bonds is 3. The Bertz CT molecular complexity index is 308. The Morgan fingerprint density at radius 1 is 1.29 bits per heavy atom. The smallest absolute Gasteiger partial charge is 0.255 e. The molecule has 0 fully saturated rings. The molecule has 14 heavy (non-hydrogen) atoms. The minimum absolute atomic E-state index is 0.232. The van der Waals surface area contributed by atoms with Gasteiger partial charge < -0.3 is 11.1 Å². The first-order chi connectivity index (χ1) is 6.50. The van der Waals surface area contributed by atoms with Crippen molar-refractivity contribution >= 4 is 34.6 Å². The monoisotopic (exact) mass is 240 g/mol. The number of hydrogen-bond acceptors (Lipinski definition) is 2. The number of anilines is 2. The quantitative estimate of drug-likeness (QED) is 0.797. The molecule has 6 heteroatoms. The molecule has 78 valence electrons. The van der Waals surface area contributed by atoms with E-state index in [2.05, 4.69) is 5.32 Å². The van der Waals surface area contributed by atoms with Crippen molar-refractivity contribution in [2.45, 2.75) is 6.43 Å². The Kier molecular flexibility index (Phi) is 3.77. The summed E-state index contributed by atoms with van der Waals surface area (Å²) in [4.78, 5) is 0. The SMILES string of the molecule is Nc1cc(Cl)c(NCC(F)F)c(Cl)c1. The second-order valence-corrected chi connectivity index (χ2v) is 3.45. The molecule has 0 heterocycles. The van der Waals surface area contributed by atoms with Gasteiger partial charge in [-0.3, -0.25) is 0 Å². The van der Waals surface area contributed by atoms with E-state index in [1.165, 1.54) is 12.1 Å². The molecule has 0 aliphatic carbocycles. The fourth-order valence-electron chi connectivity index (χ4n) is 0.941. The third-order valence-corrected chi connectivity index (χ3v) is 2.09. The molecule has 0 amide bonds. The summed E-state index contributed by atoms with van der Waals surface area (Å²) in [5.41, 5.74) is 6.11. The first-order valence-corrected chi connectivity index (χ1v) is 4.53. The average molecular weight is 241 g/mol. The van der Waals surface area contributed by atoms with Gasteiger partial charge in [0.25, 0.3) is 6.43 Å². The van der Waals surface area contributed by atoms with E-state index in [-0.39, 0.29) is 15.7 Å². The number of benzene rings is 1. The van der Waals surface area contributed by atoms with E-state index >= 15 is 0 Å². The maximum absolute atomic E-state index is 11.9. The summed E-state index contributed by atoms with van der Waals surface area (Å²) < 4.78 is 23.8. The molecule has 0 atom stereocenters. The minimum Gasteiger partial charge on any atom is -0.399 e. The van der Waals surface area contributed by atoms with Gasteiger partial charge in [0.15, 0.2) is 0 Å². The van der Waals surface area contributed by atoms with Crippen LogP contribution >= 0.6 is 23.2 Å². The molecule has 0 aliphatic rings.